The lowest BCUT2D eigenvalue weighted by molar-refractivity contribution is -0.129. The molecule has 3 aromatic carbocycles. The number of ether oxygens (including phenoxy) is 1. The Morgan fingerprint density at radius 1 is 0.894 bits per heavy atom. The van der Waals surface area contributed by atoms with Gasteiger partial charge in [-0.15, -0.1) is 0 Å². The third kappa shape index (κ3) is 6.70. The molecule has 1 saturated heterocycles. The highest BCUT2D eigenvalue weighted by Crippen LogP contribution is 2.41. The van der Waals surface area contributed by atoms with Gasteiger partial charge in [0, 0.05) is 37.7 Å². The molecule has 0 unspecified atom stereocenters. The Balaban J connectivity index is 1.33. The zero-order valence-corrected chi connectivity index (χ0v) is 27.5. The summed E-state index contributed by atoms with van der Waals surface area (Å²) in [5.74, 6) is 0.680. The predicted octanol–water partition coefficient (Wildman–Crippen LogP) is 6.60. The Kier molecular flexibility index (Phi) is 8.99. The van der Waals surface area contributed by atoms with Crippen LogP contribution < -0.4 is 4.74 Å². The van der Waals surface area contributed by atoms with E-state index in [1.54, 1.807) is 0 Å². The predicted molar refractivity (Wildman–Crippen MR) is 180 cm³/mol. The number of carboxylic acid groups (broad SMARTS) is 2. The standard InChI is InChI=1S/C38H43N3O6/c1-23-17-25(3)26(4)34(18-23)47-16-15-27-9-11-28(12-10-27)32-19-31-21-39(37(43)44)22-33(41(31)38(45)46)35(32)36(42)40(30-13-14-30)20-29-8-6-5-7-24(29)2/h5-12,17-18,30-31,33H,13-16,19-22H2,1-4H3,(H,43,44)(H,45,46)/t31-,33-/m1/s1. The van der Waals surface area contributed by atoms with Gasteiger partial charge in [0.25, 0.3) is 5.91 Å². The third-order valence-corrected chi connectivity index (χ3v) is 9.94. The van der Waals surface area contributed by atoms with Crippen LogP contribution in [0.4, 0.5) is 9.59 Å². The fourth-order valence-electron chi connectivity index (χ4n) is 7.08. The van der Waals surface area contributed by atoms with Gasteiger partial charge in [0.1, 0.15) is 5.75 Å². The van der Waals surface area contributed by atoms with Gasteiger partial charge in [0.15, 0.2) is 0 Å². The van der Waals surface area contributed by atoms with E-state index >= 15 is 0 Å². The fourth-order valence-corrected chi connectivity index (χ4v) is 7.08. The average molecular weight is 638 g/mol. The Bertz CT molecular complexity index is 1730. The summed E-state index contributed by atoms with van der Waals surface area (Å²) >= 11 is 0. The molecule has 2 atom stereocenters. The normalized spacial score (nSPS) is 19.1. The van der Waals surface area contributed by atoms with E-state index in [1.165, 1.54) is 15.4 Å². The van der Waals surface area contributed by atoms with Crippen LogP contribution in [0.25, 0.3) is 5.57 Å². The Labute approximate surface area is 276 Å². The number of piperazine rings is 1. The van der Waals surface area contributed by atoms with E-state index in [-0.39, 0.29) is 31.5 Å². The molecule has 3 aromatic rings. The van der Waals surface area contributed by atoms with E-state index < -0.39 is 24.3 Å². The molecule has 2 heterocycles. The van der Waals surface area contributed by atoms with Crippen molar-refractivity contribution in [2.24, 2.45) is 0 Å². The van der Waals surface area contributed by atoms with Crippen LogP contribution in [0, 0.1) is 27.7 Å². The number of amides is 3. The zero-order valence-electron chi connectivity index (χ0n) is 27.5. The van der Waals surface area contributed by atoms with Crippen molar-refractivity contribution in [2.45, 2.75) is 78.0 Å². The molecule has 246 valence electrons. The molecule has 9 heteroatoms. The third-order valence-electron chi connectivity index (χ3n) is 9.94. The first kappa shape index (κ1) is 32.2. The molecule has 3 aliphatic rings. The minimum Gasteiger partial charge on any atom is -0.493 e. The Morgan fingerprint density at radius 2 is 1.62 bits per heavy atom. The van der Waals surface area contributed by atoms with Gasteiger partial charge in [0.05, 0.1) is 18.7 Å². The smallest absolute Gasteiger partial charge is 0.408 e. The monoisotopic (exact) mass is 637 g/mol. The van der Waals surface area contributed by atoms with E-state index in [0.717, 1.165) is 57.5 Å². The van der Waals surface area contributed by atoms with Gasteiger partial charge in [-0.2, -0.15) is 0 Å². The average Bonchev–Trinajstić information content (AvgIpc) is 3.87. The second-order valence-electron chi connectivity index (χ2n) is 13.2. The summed E-state index contributed by atoms with van der Waals surface area (Å²) < 4.78 is 6.15. The molecule has 0 aromatic heterocycles. The summed E-state index contributed by atoms with van der Waals surface area (Å²) in [7, 11) is 0. The summed E-state index contributed by atoms with van der Waals surface area (Å²) in [6, 6.07) is 18.8. The van der Waals surface area contributed by atoms with Crippen LogP contribution in [0.5, 0.6) is 5.75 Å². The van der Waals surface area contributed by atoms with Crippen LogP contribution in [0.15, 0.2) is 66.2 Å². The van der Waals surface area contributed by atoms with Crippen LogP contribution >= 0.6 is 0 Å². The summed E-state index contributed by atoms with van der Waals surface area (Å²) in [6.07, 6.45) is 0.480. The van der Waals surface area contributed by atoms with Crippen LogP contribution in [0.2, 0.25) is 0 Å². The molecule has 0 radical (unpaired) electrons. The van der Waals surface area contributed by atoms with Crippen molar-refractivity contribution < 1.29 is 29.3 Å². The Morgan fingerprint density at radius 3 is 2.28 bits per heavy atom. The SMILES string of the molecule is Cc1cc(C)c(C)c(OCCc2ccc(C3=C(C(=O)N(Cc4ccccc4C)C4CC4)[C@H]4CN(C(=O)O)C[C@@H](C3)N4C(=O)O)cc2)c1. The quantitative estimate of drug-likeness (QED) is 0.274. The first-order valence-corrected chi connectivity index (χ1v) is 16.4. The lowest BCUT2D eigenvalue weighted by atomic mass is 9.81. The Hall–Kier alpha value is -4.79. The molecular weight excluding hydrogens is 594 g/mol. The van der Waals surface area contributed by atoms with Gasteiger partial charge >= 0.3 is 12.2 Å². The van der Waals surface area contributed by atoms with Gasteiger partial charge in [-0.25, -0.2) is 9.59 Å². The van der Waals surface area contributed by atoms with Crippen molar-refractivity contribution in [2.75, 3.05) is 19.7 Å². The second-order valence-corrected chi connectivity index (χ2v) is 13.2. The number of carbonyl (C=O) groups is 3. The van der Waals surface area contributed by atoms with Gasteiger partial charge in [0.2, 0.25) is 0 Å². The van der Waals surface area contributed by atoms with Crippen molar-refractivity contribution in [3.63, 3.8) is 0 Å². The topological polar surface area (TPSA) is 111 Å². The number of fused-ring (bicyclic) bond motifs is 2. The first-order chi connectivity index (χ1) is 22.5. The summed E-state index contributed by atoms with van der Waals surface area (Å²) in [4.78, 5) is 43.9. The number of nitrogens with zero attached hydrogens (tertiary/aromatic N) is 3. The largest absolute Gasteiger partial charge is 0.493 e. The number of hydrogen-bond acceptors (Lipinski definition) is 4. The van der Waals surface area contributed by atoms with E-state index in [0.29, 0.717) is 25.1 Å². The summed E-state index contributed by atoms with van der Waals surface area (Å²) in [5.41, 5.74) is 8.76. The number of aryl methyl sites for hydroxylation is 3. The fraction of sp³-hybridized carbons (Fsp3) is 0.395. The van der Waals surface area contributed by atoms with Gasteiger partial charge in [-0.1, -0.05) is 54.6 Å². The van der Waals surface area contributed by atoms with Crippen LogP contribution in [0.1, 0.15) is 58.2 Å². The number of carbonyl (C=O) groups excluding carboxylic acids is 1. The molecule has 2 fully saturated rings. The minimum atomic E-state index is -1.14. The molecule has 2 bridgehead atoms. The van der Waals surface area contributed by atoms with Crippen molar-refractivity contribution in [1.29, 1.82) is 0 Å². The molecule has 1 aliphatic carbocycles. The summed E-state index contributed by atoms with van der Waals surface area (Å²) in [5, 5.41) is 20.2. The molecule has 9 nitrogen and oxygen atoms in total. The van der Waals surface area contributed by atoms with Crippen LogP contribution in [-0.4, -0.2) is 80.8 Å². The minimum absolute atomic E-state index is 0.0614. The molecule has 3 amide bonds. The van der Waals surface area contributed by atoms with Gasteiger partial charge < -0.3 is 24.7 Å². The lowest BCUT2D eigenvalue weighted by Gasteiger charge is -2.49. The molecular formula is C38H43N3O6. The van der Waals surface area contributed by atoms with Crippen molar-refractivity contribution in [3.8, 4) is 5.75 Å². The van der Waals surface area contributed by atoms with Crippen molar-refractivity contribution >= 4 is 23.7 Å². The van der Waals surface area contributed by atoms with Crippen LogP contribution in [-0.2, 0) is 17.8 Å². The van der Waals surface area contributed by atoms with E-state index in [1.807, 2.05) is 60.4 Å². The number of hydrogen-bond donors (Lipinski definition) is 2. The lowest BCUT2D eigenvalue weighted by Crippen LogP contribution is -2.65. The first-order valence-electron chi connectivity index (χ1n) is 16.4. The molecule has 2 aliphatic heterocycles. The maximum Gasteiger partial charge on any atom is 0.408 e. The van der Waals surface area contributed by atoms with Gasteiger partial charge in [-0.3, -0.25) is 9.69 Å². The summed E-state index contributed by atoms with van der Waals surface area (Å²) in [6.45, 7) is 9.15. The van der Waals surface area contributed by atoms with Gasteiger partial charge in [-0.05, 0) is 97.5 Å². The molecule has 2 N–H and O–H groups in total. The number of benzene rings is 3. The molecule has 47 heavy (non-hydrogen) atoms. The highest BCUT2D eigenvalue weighted by molar-refractivity contribution is 6.04. The molecule has 6 rings (SSSR count). The van der Waals surface area contributed by atoms with E-state index in [2.05, 4.69) is 32.9 Å². The highest BCUT2D eigenvalue weighted by atomic mass is 16.5. The van der Waals surface area contributed by atoms with E-state index in [4.69, 9.17) is 4.74 Å². The molecule has 1 saturated carbocycles. The molecule has 0 spiro atoms. The van der Waals surface area contributed by atoms with Crippen molar-refractivity contribution in [3.05, 3.63) is 105 Å². The second kappa shape index (κ2) is 13.1. The van der Waals surface area contributed by atoms with E-state index in [9.17, 15) is 24.6 Å². The number of rotatable bonds is 9. The maximum atomic E-state index is 14.7. The van der Waals surface area contributed by atoms with Crippen LogP contribution in [0.3, 0.4) is 0 Å². The maximum absolute atomic E-state index is 14.7. The highest BCUT2D eigenvalue weighted by Gasteiger charge is 2.49. The van der Waals surface area contributed by atoms with Crippen molar-refractivity contribution in [1.82, 2.24) is 14.7 Å². The zero-order chi connectivity index (χ0) is 33.4.